The van der Waals surface area contributed by atoms with Gasteiger partial charge in [-0.3, -0.25) is 9.59 Å². The molecule has 0 unspecified atom stereocenters. The topological polar surface area (TPSA) is 58.6 Å². The van der Waals surface area contributed by atoms with Gasteiger partial charge in [-0.2, -0.15) is 0 Å². The van der Waals surface area contributed by atoms with Crippen molar-refractivity contribution in [2.24, 2.45) is 0 Å². The van der Waals surface area contributed by atoms with Gasteiger partial charge in [-0.1, -0.05) is 29.8 Å². The van der Waals surface area contributed by atoms with Gasteiger partial charge in [-0.15, -0.1) is 0 Å². The first-order valence-electron chi connectivity index (χ1n) is 9.07. The minimum Gasteiger partial charge on any atom is -0.493 e. The molecule has 2 rings (SSSR count). The third-order valence-electron chi connectivity index (χ3n) is 4.32. The predicted octanol–water partition coefficient (Wildman–Crippen LogP) is 3.79. The Kier molecular flexibility index (Phi) is 6.99. The molecule has 2 amide bonds. The summed E-state index contributed by atoms with van der Waals surface area (Å²) in [6.07, 6.45) is 0.223. The second kappa shape index (κ2) is 9.21. The Morgan fingerprint density at radius 1 is 1.00 bits per heavy atom. The van der Waals surface area contributed by atoms with E-state index in [0.29, 0.717) is 0 Å². The maximum atomic E-state index is 12.3. The molecule has 0 spiro atoms. The molecule has 0 aliphatic heterocycles. The van der Waals surface area contributed by atoms with E-state index in [4.69, 9.17) is 4.74 Å². The quantitative estimate of drug-likeness (QED) is 0.809. The molecule has 144 valence electrons. The molecule has 5 nitrogen and oxygen atoms in total. The van der Waals surface area contributed by atoms with E-state index in [9.17, 15) is 9.59 Å². The summed E-state index contributed by atoms with van der Waals surface area (Å²) in [5, 5.41) is 2.92. The molecule has 27 heavy (non-hydrogen) atoms. The number of likely N-dealkylation sites (N-methyl/N-ethyl adjacent to an activating group) is 1. The molecule has 0 saturated heterocycles. The molecule has 0 aliphatic carbocycles. The summed E-state index contributed by atoms with van der Waals surface area (Å²) in [4.78, 5) is 26.0. The van der Waals surface area contributed by atoms with Gasteiger partial charge in [0.15, 0.2) is 0 Å². The largest absolute Gasteiger partial charge is 0.493 e. The monoisotopic (exact) mass is 368 g/mol. The lowest BCUT2D eigenvalue weighted by Crippen LogP contribution is -2.35. The van der Waals surface area contributed by atoms with Crippen LogP contribution < -0.4 is 10.1 Å². The van der Waals surface area contributed by atoms with E-state index in [1.165, 1.54) is 4.90 Å². The maximum absolute atomic E-state index is 12.3. The number of amides is 2. The number of carbonyl (C=O) groups is 2. The molecule has 1 N–H and O–H groups in total. The highest BCUT2D eigenvalue weighted by atomic mass is 16.5. The minimum absolute atomic E-state index is 0.00996. The molecule has 0 aromatic heterocycles. The Labute approximate surface area is 161 Å². The number of anilines is 1. The zero-order valence-electron chi connectivity index (χ0n) is 16.8. The van der Waals surface area contributed by atoms with Crippen LogP contribution in [-0.2, 0) is 9.59 Å². The van der Waals surface area contributed by atoms with Gasteiger partial charge < -0.3 is 15.0 Å². The first-order chi connectivity index (χ1) is 12.8. The summed E-state index contributed by atoms with van der Waals surface area (Å²) in [7, 11) is 1.63. The fourth-order valence-corrected chi connectivity index (χ4v) is 3.01. The fourth-order valence-electron chi connectivity index (χ4n) is 3.01. The van der Waals surface area contributed by atoms with Gasteiger partial charge in [0.25, 0.3) is 0 Å². The van der Waals surface area contributed by atoms with Crippen LogP contribution in [0.3, 0.4) is 0 Å². The highest BCUT2D eigenvalue weighted by Crippen LogP contribution is 2.21. The average molecular weight is 368 g/mol. The molecule has 0 atom stereocenters. The van der Waals surface area contributed by atoms with Crippen LogP contribution in [0.4, 0.5) is 5.69 Å². The maximum Gasteiger partial charge on any atom is 0.243 e. The molecular weight excluding hydrogens is 340 g/mol. The van der Waals surface area contributed by atoms with E-state index in [1.807, 2.05) is 64.1 Å². The van der Waals surface area contributed by atoms with Crippen LogP contribution in [0.15, 0.2) is 36.4 Å². The Hall–Kier alpha value is -2.82. The van der Waals surface area contributed by atoms with E-state index >= 15 is 0 Å². The number of rotatable bonds is 7. The third kappa shape index (κ3) is 6.13. The number of aryl methyl sites for hydroxylation is 4. The van der Waals surface area contributed by atoms with Crippen molar-refractivity contribution in [2.45, 2.75) is 34.1 Å². The van der Waals surface area contributed by atoms with Crippen molar-refractivity contribution in [3.63, 3.8) is 0 Å². The number of ether oxygens (including phenoxy) is 1. The number of nitrogens with one attached hydrogen (secondary N) is 1. The molecule has 2 aromatic carbocycles. The van der Waals surface area contributed by atoms with Crippen LogP contribution in [0.25, 0.3) is 0 Å². The number of hydrogen-bond donors (Lipinski definition) is 1. The van der Waals surface area contributed by atoms with Crippen LogP contribution in [-0.4, -0.2) is 36.9 Å². The first-order valence-corrected chi connectivity index (χ1v) is 9.07. The van der Waals surface area contributed by atoms with E-state index in [0.717, 1.165) is 33.7 Å². The number of nitrogens with zero attached hydrogens (tertiary/aromatic N) is 1. The summed E-state index contributed by atoms with van der Waals surface area (Å²) in [6, 6.07) is 11.7. The molecule has 0 aliphatic rings. The smallest absolute Gasteiger partial charge is 0.243 e. The Balaban J connectivity index is 1.82. The van der Waals surface area contributed by atoms with E-state index in [2.05, 4.69) is 5.32 Å². The lowest BCUT2D eigenvalue weighted by molar-refractivity contribution is -0.133. The summed E-state index contributed by atoms with van der Waals surface area (Å²) < 4.78 is 5.60. The Bertz CT molecular complexity index is 807. The second-order valence-corrected chi connectivity index (χ2v) is 6.99. The summed E-state index contributed by atoms with van der Waals surface area (Å²) in [5.41, 5.74) is 5.11. The molecule has 0 saturated carbocycles. The second-order valence-electron chi connectivity index (χ2n) is 6.99. The lowest BCUT2D eigenvalue weighted by atomic mass is 10.1. The SMILES string of the molecule is Cc1cccc(OCCC(=O)N(C)CC(=O)Nc2c(C)cc(C)cc2C)c1. The number of hydrogen-bond acceptors (Lipinski definition) is 3. The fraction of sp³-hybridized carbons (Fsp3) is 0.364. The van der Waals surface area contributed by atoms with Crippen molar-refractivity contribution in [1.29, 1.82) is 0 Å². The van der Waals surface area contributed by atoms with Crippen molar-refractivity contribution < 1.29 is 14.3 Å². The molecule has 0 bridgehead atoms. The van der Waals surface area contributed by atoms with Gasteiger partial charge in [0, 0.05) is 12.7 Å². The van der Waals surface area contributed by atoms with Crippen LogP contribution in [0.5, 0.6) is 5.75 Å². The normalized spacial score (nSPS) is 10.4. The van der Waals surface area contributed by atoms with Crippen molar-refractivity contribution in [3.8, 4) is 5.75 Å². The summed E-state index contributed by atoms with van der Waals surface area (Å²) in [5.74, 6) is 0.407. The van der Waals surface area contributed by atoms with Crippen molar-refractivity contribution in [1.82, 2.24) is 4.90 Å². The van der Waals surface area contributed by atoms with Gasteiger partial charge in [-0.25, -0.2) is 0 Å². The van der Waals surface area contributed by atoms with Crippen LogP contribution >= 0.6 is 0 Å². The predicted molar refractivity (Wildman–Crippen MR) is 108 cm³/mol. The zero-order chi connectivity index (χ0) is 20.0. The van der Waals surface area contributed by atoms with Gasteiger partial charge in [-0.05, 0) is 56.5 Å². The molecule has 0 radical (unpaired) electrons. The lowest BCUT2D eigenvalue weighted by Gasteiger charge is -2.18. The minimum atomic E-state index is -0.208. The molecule has 2 aromatic rings. The van der Waals surface area contributed by atoms with Gasteiger partial charge >= 0.3 is 0 Å². The third-order valence-corrected chi connectivity index (χ3v) is 4.32. The summed E-state index contributed by atoms with van der Waals surface area (Å²) in [6.45, 7) is 8.24. The van der Waals surface area contributed by atoms with Crippen LogP contribution in [0, 0.1) is 27.7 Å². The molecule has 0 fully saturated rings. The number of carbonyl (C=O) groups excluding carboxylic acids is 2. The van der Waals surface area contributed by atoms with Crippen LogP contribution in [0.1, 0.15) is 28.7 Å². The van der Waals surface area contributed by atoms with Crippen molar-refractivity contribution in [2.75, 3.05) is 25.5 Å². The Morgan fingerprint density at radius 3 is 2.30 bits per heavy atom. The van der Waals surface area contributed by atoms with Crippen molar-refractivity contribution in [3.05, 3.63) is 58.7 Å². The average Bonchev–Trinajstić information content (AvgIpc) is 2.58. The molecular formula is C22H28N2O3. The standard InChI is InChI=1S/C22H28N2O3/c1-15-7-6-8-19(13-15)27-10-9-21(26)24(5)14-20(25)23-22-17(3)11-16(2)12-18(22)4/h6-8,11-13H,9-10,14H2,1-5H3,(H,23,25). The van der Waals surface area contributed by atoms with Crippen LogP contribution in [0.2, 0.25) is 0 Å². The van der Waals surface area contributed by atoms with Crippen molar-refractivity contribution >= 4 is 17.5 Å². The highest BCUT2D eigenvalue weighted by molar-refractivity contribution is 5.95. The first kappa shape index (κ1) is 20.5. The zero-order valence-corrected chi connectivity index (χ0v) is 16.8. The Morgan fingerprint density at radius 2 is 1.67 bits per heavy atom. The highest BCUT2D eigenvalue weighted by Gasteiger charge is 2.15. The summed E-state index contributed by atoms with van der Waals surface area (Å²) >= 11 is 0. The number of benzene rings is 2. The van der Waals surface area contributed by atoms with Gasteiger partial charge in [0.2, 0.25) is 11.8 Å². The van der Waals surface area contributed by atoms with Gasteiger partial charge in [0.05, 0.1) is 19.6 Å². The van der Waals surface area contributed by atoms with E-state index in [1.54, 1.807) is 7.05 Å². The molecule has 5 heteroatoms. The van der Waals surface area contributed by atoms with Gasteiger partial charge in [0.1, 0.15) is 5.75 Å². The van der Waals surface area contributed by atoms with E-state index < -0.39 is 0 Å². The van der Waals surface area contributed by atoms with E-state index in [-0.39, 0.29) is 31.4 Å². The molecule has 0 heterocycles.